The summed E-state index contributed by atoms with van der Waals surface area (Å²) in [5.74, 6) is 2.23. The Morgan fingerprint density at radius 3 is 2.46 bits per heavy atom. The first kappa shape index (κ1) is 21.6. The molecule has 1 saturated heterocycles. The first-order valence-corrected chi connectivity index (χ1v) is 12.0. The van der Waals surface area contributed by atoms with Crippen molar-refractivity contribution in [2.24, 2.45) is 5.18 Å². The number of anilines is 1. The summed E-state index contributed by atoms with van der Waals surface area (Å²) in [4.78, 5) is 29.1. The minimum Gasteiger partial charge on any atom is -0.455 e. The number of piperazine rings is 1. The number of likely N-dealkylation sites (N-methyl/N-ethyl adjacent to an activating group) is 1. The number of pyridine rings is 1. The summed E-state index contributed by atoms with van der Waals surface area (Å²) >= 11 is 0. The molecular formula is C27H26N6O2. The number of fused-ring (bicyclic) bond motifs is 1. The highest BCUT2D eigenvalue weighted by molar-refractivity contribution is 5.84. The van der Waals surface area contributed by atoms with Crippen molar-refractivity contribution in [3.05, 3.63) is 77.2 Å². The molecule has 35 heavy (non-hydrogen) atoms. The van der Waals surface area contributed by atoms with Gasteiger partial charge in [0.25, 0.3) is 0 Å². The number of aromatic nitrogens is 3. The maximum absolute atomic E-state index is 11.2. The third kappa shape index (κ3) is 4.10. The van der Waals surface area contributed by atoms with Crippen molar-refractivity contribution in [3.63, 3.8) is 0 Å². The molecule has 1 atom stereocenters. The average Bonchev–Trinajstić information content (AvgIpc) is 3.54. The fourth-order valence-electron chi connectivity index (χ4n) is 4.96. The van der Waals surface area contributed by atoms with Gasteiger partial charge in [-0.2, -0.15) is 4.91 Å². The van der Waals surface area contributed by atoms with Crippen LogP contribution in [0.15, 0.2) is 70.8 Å². The van der Waals surface area contributed by atoms with E-state index >= 15 is 0 Å². The maximum Gasteiger partial charge on any atom is 0.225 e. The maximum atomic E-state index is 11.2. The number of furan rings is 1. The molecule has 8 nitrogen and oxygen atoms in total. The van der Waals surface area contributed by atoms with Gasteiger partial charge in [0, 0.05) is 62.1 Å². The van der Waals surface area contributed by atoms with E-state index in [1.165, 1.54) is 5.56 Å². The van der Waals surface area contributed by atoms with Crippen LogP contribution in [0.1, 0.15) is 23.6 Å². The second-order valence-electron chi connectivity index (χ2n) is 9.22. The van der Waals surface area contributed by atoms with E-state index in [1.54, 1.807) is 12.4 Å². The molecule has 1 aliphatic carbocycles. The molecule has 1 unspecified atom stereocenters. The third-order valence-corrected chi connectivity index (χ3v) is 7.01. The van der Waals surface area contributed by atoms with Crippen molar-refractivity contribution in [1.29, 1.82) is 0 Å². The largest absolute Gasteiger partial charge is 0.455 e. The Balaban J connectivity index is 1.37. The van der Waals surface area contributed by atoms with Crippen molar-refractivity contribution in [1.82, 2.24) is 19.9 Å². The number of hydrogen-bond donors (Lipinski definition) is 0. The molecule has 0 amide bonds. The molecular weight excluding hydrogens is 440 g/mol. The van der Waals surface area contributed by atoms with Crippen LogP contribution < -0.4 is 4.90 Å². The molecule has 2 aliphatic rings. The van der Waals surface area contributed by atoms with Crippen LogP contribution in [-0.2, 0) is 6.42 Å². The predicted molar refractivity (Wildman–Crippen MR) is 135 cm³/mol. The van der Waals surface area contributed by atoms with Crippen molar-refractivity contribution in [3.8, 4) is 33.8 Å². The molecule has 8 heteroatoms. The van der Waals surface area contributed by atoms with Gasteiger partial charge in [-0.25, -0.2) is 9.97 Å². The van der Waals surface area contributed by atoms with Gasteiger partial charge in [-0.05, 0) is 54.8 Å². The van der Waals surface area contributed by atoms with Crippen molar-refractivity contribution < 1.29 is 4.42 Å². The molecule has 0 bridgehead atoms. The highest BCUT2D eigenvalue weighted by Gasteiger charge is 2.25. The Morgan fingerprint density at radius 2 is 1.71 bits per heavy atom. The van der Waals surface area contributed by atoms with Crippen molar-refractivity contribution in [2.45, 2.75) is 18.9 Å². The van der Waals surface area contributed by atoms with E-state index in [0.717, 1.165) is 78.5 Å². The molecule has 176 valence electrons. The van der Waals surface area contributed by atoms with E-state index in [4.69, 9.17) is 4.42 Å². The number of hydrogen-bond acceptors (Lipinski definition) is 8. The summed E-state index contributed by atoms with van der Waals surface area (Å²) in [6, 6.07) is 11.9. The first-order valence-electron chi connectivity index (χ1n) is 12.0. The Hall–Kier alpha value is -3.91. The topological polar surface area (TPSA) is 87.7 Å². The van der Waals surface area contributed by atoms with Crippen LogP contribution in [0.5, 0.6) is 0 Å². The van der Waals surface area contributed by atoms with Crippen LogP contribution in [-0.4, -0.2) is 53.1 Å². The van der Waals surface area contributed by atoms with E-state index in [0.29, 0.717) is 5.76 Å². The van der Waals surface area contributed by atoms with Crippen LogP contribution in [0.2, 0.25) is 0 Å². The molecule has 1 fully saturated rings. The lowest BCUT2D eigenvalue weighted by molar-refractivity contribution is 0.311. The van der Waals surface area contributed by atoms with E-state index in [1.807, 2.05) is 30.6 Å². The van der Waals surface area contributed by atoms with Gasteiger partial charge in [0.15, 0.2) is 0 Å². The van der Waals surface area contributed by atoms with Crippen LogP contribution in [0.25, 0.3) is 33.8 Å². The summed E-state index contributed by atoms with van der Waals surface area (Å²) in [7, 11) is 2.13. The van der Waals surface area contributed by atoms with Crippen LogP contribution in [0, 0.1) is 4.91 Å². The molecule has 0 spiro atoms. The molecule has 0 N–H and O–H groups in total. The smallest absolute Gasteiger partial charge is 0.225 e. The van der Waals surface area contributed by atoms with E-state index < -0.39 is 0 Å². The lowest BCUT2D eigenvalue weighted by atomic mass is 9.98. The Kier molecular flexibility index (Phi) is 5.58. The van der Waals surface area contributed by atoms with Gasteiger partial charge in [-0.3, -0.25) is 4.98 Å². The summed E-state index contributed by atoms with van der Waals surface area (Å²) in [6.45, 7) is 3.86. The molecule has 6 rings (SSSR count). The first-order chi connectivity index (χ1) is 17.2. The lowest BCUT2D eigenvalue weighted by Crippen LogP contribution is -2.45. The molecule has 1 aliphatic heterocycles. The number of nitrogens with zero attached hydrogens (tertiary/aromatic N) is 6. The quantitative estimate of drug-likeness (QED) is 0.384. The number of aryl methyl sites for hydroxylation is 1. The fraction of sp³-hybridized carbons (Fsp3) is 0.296. The normalized spacial score (nSPS) is 18.0. The number of nitroso groups, excluding NO2 is 1. The zero-order valence-electron chi connectivity index (χ0n) is 19.6. The number of benzene rings is 1. The van der Waals surface area contributed by atoms with Crippen molar-refractivity contribution in [2.75, 3.05) is 38.1 Å². The van der Waals surface area contributed by atoms with Gasteiger partial charge in [0.1, 0.15) is 17.6 Å². The highest BCUT2D eigenvalue weighted by Crippen LogP contribution is 2.41. The van der Waals surface area contributed by atoms with E-state index in [2.05, 4.69) is 55.2 Å². The minimum absolute atomic E-state index is 0.241. The zero-order valence-corrected chi connectivity index (χ0v) is 19.6. The molecule has 4 aromatic rings. The SMILES string of the molecule is CN1CCN(c2ncc(-c3cc(-c4ccc5c(c4)CCC5N=O)c(-c4ccncc4)o3)cn2)CC1. The predicted octanol–water partition coefficient (Wildman–Crippen LogP) is 4.97. The van der Waals surface area contributed by atoms with Gasteiger partial charge in [0.05, 0.1) is 5.56 Å². The zero-order chi connectivity index (χ0) is 23.8. The lowest BCUT2D eigenvalue weighted by Gasteiger charge is -2.32. The van der Waals surface area contributed by atoms with Gasteiger partial charge < -0.3 is 14.2 Å². The second-order valence-corrected chi connectivity index (χ2v) is 9.22. The fourth-order valence-corrected chi connectivity index (χ4v) is 4.96. The summed E-state index contributed by atoms with van der Waals surface area (Å²) in [5.41, 5.74) is 6.02. The van der Waals surface area contributed by atoms with Crippen molar-refractivity contribution >= 4 is 5.95 Å². The van der Waals surface area contributed by atoms with Gasteiger partial charge in [0.2, 0.25) is 5.95 Å². The van der Waals surface area contributed by atoms with Crippen LogP contribution in [0.4, 0.5) is 5.95 Å². The van der Waals surface area contributed by atoms with E-state index in [-0.39, 0.29) is 6.04 Å². The van der Waals surface area contributed by atoms with Gasteiger partial charge in [-0.15, -0.1) is 0 Å². The van der Waals surface area contributed by atoms with Crippen LogP contribution in [0.3, 0.4) is 0 Å². The Bertz CT molecular complexity index is 1340. The van der Waals surface area contributed by atoms with Gasteiger partial charge in [-0.1, -0.05) is 23.4 Å². The number of rotatable bonds is 5. The summed E-state index contributed by atoms with van der Waals surface area (Å²) in [5, 5.41) is 3.29. The molecule has 0 radical (unpaired) electrons. The standard InChI is InChI=1S/C27H26N6O2/c1-32-10-12-33(13-11-32)27-29-16-21(17-30-27)25-15-23(26(35-25)18-6-8-28-9-7-18)20-2-4-22-19(14-20)3-5-24(22)31-34/h2,4,6-9,14-17,24H,3,5,10-13H2,1H3. The molecule has 1 aromatic carbocycles. The molecule has 3 aromatic heterocycles. The monoisotopic (exact) mass is 466 g/mol. The molecule has 0 saturated carbocycles. The van der Waals surface area contributed by atoms with Crippen LogP contribution >= 0.6 is 0 Å². The highest BCUT2D eigenvalue weighted by atomic mass is 16.3. The molecule has 4 heterocycles. The second kappa shape index (κ2) is 9.03. The summed E-state index contributed by atoms with van der Waals surface area (Å²) < 4.78 is 6.41. The third-order valence-electron chi connectivity index (χ3n) is 7.01. The average molecular weight is 467 g/mol. The Morgan fingerprint density at radius 1 is 0.943 bits per heavy atom. The van der Waals surface area contributed by atoms with Gasteiger partial charge >= 0.3 is 0 Å². The Labute approximate surface area is 203 Å². The minimum atomic E-state index is -0.241. The van der Waals surface area contributed by atoms with E-state index in [9.17, 15) is 4.91 Å². The summed E-state index contributed by atoms with van der Waals surface area (Å²) in [6.07, 6.45) is 8.82.